The molecule has 0 saturated carbocycles. The van der Waals surface area contributed by atoms with E-state index >= 15 is 0 Å². The van der Waals surface area contributed by atoms with Gasteiger partial charge in [0.05, 0.1) is 5.69 Å². The van der Waals surface area contributed by atoms with Gasteiger partial charge in [0.2, 0.25) is 0 Å². The van der Waals surface area contributed by atoms with Crippen LogP contribution in [0.25, 0.3) is 0 Å². The number of rotatable bonds is 9. The van der Waals surface area contributed by atoms with Crippen molar-refractivity contribution in [3.8, 4) is 0 Å². The Morgan fingerprint density at radius 2 is 1.89 bits per heavy atom. The van der Waals surface area contributed by atoms with Crippen LogP contribution in [0.2, 0.25) is 0 Å². The number of amides is 1. The third kappa shape index (κ3) is 7.78. The van der Waals surface area contributed by atoms with Gasteiger partial charge in [0.15, 0.2) is 5.96 Å². The second-order valence-electron chi connectivity index (χ2n) is 7.56. The first-order valence-electron chi connectivity index (χ1n) is 10.1. The molecule has 0 aromatic carbocycles. The Kier molecular flexibility index (Phi) is 9.82. The molecule has 1 heterocycles. The summed E-state index contributed by atoms with van der Waals surface area (Å²) in [4.78, 5) is 18.3. The van der Waals surface area contributed by atoms with E-state index in [9.17, 15) is 4.79 Å². The fourth-order valence-electron chi connectivity index (χ4n) is 2.73. The maximum absolute atomic E-state index is 12.3. The zero-order chi connectivity index (χ0) is 21.2. The highest BCUT2D eigenvalue weighted by atomic mass is 16.6. The molecular weight excluding hydrogens is 358 g/mol. The summed E-state index contributed by atoms with van der Waals surface area (Å²) in [5.74, 6) is 1.57. The average Bonchev–Trinajstić information content (AvgIpc) is 3.04. The molecule has 1 amide bonds. The molecule has 0 unspecified atom stereocenters. The Bertz CT molecular complexity index is 613. The van der Waals surface area contributed by atoms with Gasteiger partial charge < -0.3 is 24.8 Å². The SMILES string of the molecule is CCCN(CCNC(=NC)NCc1c(CC)noc1CC)C(=O)OC(C)(C)C. The van der Waals surface area contributed by atoms with Crippen LogP contribution in [-0.2, 0) is 24.1 Å². The van der Waals surface area contributed by atoms with E-state index in [-0.39, 0.29) is 6.09 Å². The molecule has 0 saturated heterocycles. The van der Waals surface area contributed by atoms with Crippen molar-refractivity contribution in [3.05, 3.63) is 17.0 Å². The van der Waals surface area contributed by atoms with Gasteiger partial charge in [-0.05, 0) is 33.6 Å². The summed E-state index contributed by atoms with van der Waals surface area (Å²) in [6.07, 6.45) is 2.22. The third-order valence-corrected chi connectivity index (χ3v) is 4.08. The average molecular weight is 396 g/mol. The highest BCUT2D eigenvalue weighted by molar-refractivity contribution is 5.79. The van der Waals surface area contributed by atoms with Crippen LogP contribution in [0.4, 0.5) is 4.79 Å². The monoisotopic (exact) mass is 395 g/mol. The Labute approximate surface area is 169 Å². The van der Waals surface area contributed by atoms with E-state index in [4.69, 9.17) is 9.26 Å². The number of carbonyl (C=O) groups excluding carboxylic acids is 1. The van der Waals surface area contributed by atoms with Crippen molar-refractivity contribution in [1.82, 2.24) is 20.7 Å². The first-order chi connectivity index (χ1) is 13.3. The van der Waals surface area contributed by atoms with Gasteiger partial charge in [-0.25, -0.2) is 4.79 Å². The number of aryl methyl sites for hydroxylation is 2. The van der Waals surface area contributed by atoms with E-state index in [1.165, 1.54) is 0 Å². The number of carbonyl (C=O) groups is 1. The minimum atomic E-state index is -0.499. The third-order valence-electron chi connectivity index (χ3n) is 4.08. The molecule has 1 aromatic rings. The zero-order valence-corrected chi connectivity index (χ0v) is 18.5. The summed E-state index contributed by atoms with van der Waals surface area (Å²) in [5.41, 5.74) is 1.56. The molecule has 1 aromatic heterocycles. The number of ether oxygens (including phenoxy) is 1. The molecule has 28 heavy (non-hydrogen) atoms. The van der Waals surface area contributed by atoms with E-state index in [1.807, 2.05) is 27.7 Å². The first kappa shape index (κ1) is 23.8. The van der Waals surface area contributed by atoms with Gasteiger partial charge in [-0.15, -0.1) is 0 Å². The largest absolute Gasteiger partial charge is 0.444 e. The smallest absolute Gasteiger partial charge is 0.410 e. The number of aromatic nitrogens is 1. The lowest BCUT2D eigenvalue weighted by molar-refractivity contribution is 0.0253. The number of hydrogen-bond acceptors (Lipinski definition) is 5. The van der Waals surface area contributed by atoms with E-state index in [2.05, 4.69) is 34.6 Å². The molecule has 0 radical (unpaired) electrons. The predicted molar refractivity (Wildman–Crippen MR) is 112 cm³/mol. The fourth-order valence-corrected chi connectivity index (χ4v) is 2.73. The Morgan fingerprint density at radius 3 is 2.43 bits per heavy atom. The fraction of sp³-hybridized carbons (Fsp3) is 0.750. The quantitative estimate of drug-likeness (QED) is 0.493. The standard InChI is InChI=1S/C20H37N5O3/c1-8-12-25(19(26)27-20(4,5)6)13-11-22-18(21-7)23-14-15-16(9-2)24-28-17(15)10-3/h8-14H2,1-7H3,(H2,21,22,23). The maximum Gasteiger partial charge on any atom is 0.410 e. The van der Waals surface area contributed by atoms with Crippen molar-refractivity contribution >= 4 is 12.1 Å². The van der Waals surface area contributed by atoms with Crippen LogP contribution in [0.1, 0.15) is 65.0 Å². The molecule has 1 rings (SSSR count). The molecule has 0 aliphatic carbocycles. The number of nitrogens with zero attached hydrogens (tertiary/aromatic N) is 3. The lowest BCUT2D eigenvalue weighted by atomic mass is 10.1. The molecule has 8 nitrogen and oxygen atoms in total. The summed E-state index contributed by atoms with van der Waals surface area (Å²) in [5, 5.41) is 10.7. The molecule has 0 aliphatic heterocycles. The first-order valence-corrected chi connectivity index (χ1v) is 10.1. The van der Waals surface area contributed by atoms with Crippen LogP contribution < -0.4 is 10.6 Å². The van der Waals surface area contributed by atoms with Crippen LogP contribution in [0, 0.1) is 0 Å². The van der Waals surface area contributed by atoms with E-state index in [0.29, 0.717) is 32.1 Å². The minimum absolute atomic E-state index is 0.288. The molecular formula is C20H37N5O3. The highest BCUT2D eigenvalue weighted by Crippen LogP contribution is 2.15. The van der Waals surface area contributed by atoms with Crippen LogP contribution in [0.3, 0.4) is 0 Å². The molecule has 0 aliphatic rings. The molecule has 0 atom stereocenters. The molecule has 160 valence electrons. The number of hydrogen-bond donors (Lipinski definition) is 2. The van der Waals surface area contributed by atoms with Gasteiger partial charge in [-0.2, -0.15) is 0 Å². The van der Waals surface area contributed by atoms with Crippen LogP contribution in [0.15, 0.2) is 9.52 Å². The molecule has 2 N–H and O–H groups in total. The molecule has 0 spiro atoms. The topological polar surface area (TPSA) is 92.0 Å². The van der Waals surface area contributed by atoms with Crippen molar-refractivity contribution < 1.29 is 14.1 Å². The number of nitrogens with one attached hydrogen (secondary N) is 2. The van der Waals surface area contributed by atoms with Crippen molar-refractivity contribution in [1.29, 1.82) is 0 Å². The Hall–Kier alpha value is -2.25. The lowest BCUT2D eigenvalue weighted by Gasteiger charge is -2.27. The minimum Gasteiger partial charge on any atom is -0.444 e. The Balaban J connectivity index is 2.57. The van der Waals surface area contributed by atoms with E-state index in [0.717, 1.165) is 36.3 Å². The van der Waals surface area contributed by atoms with Crippen LogP contribution in [-0.4, -0.2) is 54.4 Å². The van der Waals surface area contributed by atoms with Crippen molar-refractivity contribution in [2.75, 3.05) is 26.7 Å². The van der Waals surface area contributed by atoms with E-state index in [1.54, 1.807) is 11.9 Å². The van der Waals surface area contributed by atoms with Crippen molar-refractivity contribution in [2.24, 2.45) is 4.99 Å². The van der Waals surface area contributed by atoms with Gasteiger partial charge in [0, 0.05) is 45.2 Å². The van der Waals surface area contributed by atoms with Gasteiger partial charge >= 0.3 is 6.09 Å². The van der Waals surface area contributed by atoms with Crippen molar-refractivity contribution in [3.63, 3.8) is 0 Å². The number of guanidine groups is 1. The maximum atomic E-state index is 12.3. The predicted octanol–water partition coefficient (Wildman–Crippen LogP) is 3.11. The lowest BCUT2D eigenvalue weighted by Crippen LogP contribution is -2.44. The molecule has 0 fully saturated rings. The molecule has 8 heteroatoms. The summed E-state index contributed by atoms with van der Waals surface area (Å²) < 4.78 is 10.9. The van der Waals surface area contributed by atoms with Crippen molar-refractivity contribution in [2.45, 2.75) is 73.0 Å². The summed E-state index contributed by atoms with van der Waals surface area (Å²) in [6.45, 7) is 14.1. The zero-order valence-electron chi connectivity index (χ0n) is 18.5. The number of aliphatic imine (C=N–C) groups is 1. The van der Waals surface area contributed by atoms with Crippen LogP contribution in [0.5, 0.6) is 0 Å². The van der Waals surface area contributed by atoms with Gasteiger partial charge in [0.1, 0.15) is 11.4 Å². The summed E-state index contributed by atoms with van der Waals surface area (Å²) in [7, 11) is 1.72. The normalized spacial score (nSPS) is 12.0. The Morgan fingerprint density at radius 1 is 1.18 bits per heavy atom. The van der Waals surface area contributed by atoms with Gasteiger partial charge in [-0.3, -0.25) is 4.99 Å². The van der Waals surface area contributed by atoms with Crippen LogP contribution >= 0.6 is 0 Å². The summed E-state index contributed by atoms with van der Waals surface area (Å²) in [6, 6.07) is 0. The van der Waals surface area contributed by atoms with Gasteiger partial charge in [-0.1, -0.05) is 25.9 Å². The highest BCUT2D eigenvalue weighted by Gasteiger charge is 2.21. The van der Waals surface area contributed by atoms with Gasteiger partial charge in [0.25, 0.3) is 0 Å². The second kappa shape index (κ2) is 11.6. The van der Waals surface area contributed by atoms with E-state index < -0.39 is 5.60 Å². The molecule has 0 bridgehead atoms. The summed E-state index contributed by atoms with van der Waals surface area (Å²) >= 11 is 0. The second-order valence-corrected chi connectivity index (χ2v) is 7.56.